The van der Waals surface area contributed by atoms with Crippen molar-refractivity contribution >= 4 is 109 Å². The second-order valence-corrected chi connectivity index (χ2v) is 34.6. The van der Waals surface area contributed by atoms with Gasteiger partial charge in [-0.05, 0) is 200 Å². The summed E-state index contributed by atoms with van der Waals surface area (Å²) in [6.07, 6.45) is 0. The summed E-state index contributed by atoms with van der Waals surface area (Å²) in [5, 5.41) is 0. The first-order valence-electron chi connectivity index (χ1n) is 46.4. The molecule has 0 bridgehead atoms. The number of rotatable bonds is 10. The zero-order valence-electron chi connectivity index (χ0n) is 79.2. The van der Waals surface area contributed by atoms with E-state index in [1.54, 1.807) is 0 Å². The van der Waals surface area contributed by atoms with Gasteiger partial charge in [-0.2, -0.15) is 0 Å². The van der Waals surface area contributed by atoms with Crippen molar-refractivity contribution in [2.75, 3.05) is 14.7 Å². The first-order chi connectivity index (χ1) is 61.8. The highest BCUT2D eigenvalue weighted by molar-refractivity contribution is 8.00. The van der Waals surface area contributed by atoms with E-state index >= 15 is 0 Å². The number of anilines is 9. The highest BCUT2D eigenvalue weighted by Gasteiger charge is 2.53. The van der Waals surface area contributed by atoms with Crippen molar-refractivity contribution in [2.24, 2.45) is 0 Å². The first kappa shape index (κ1) is 56.4. The molecule has 16 aromatic rings. The molecule has 0 aliphatic carbocycles. The van der Waals surface area contributed by atoms with Gasteiger partial charge in [0.1, 0.15) is 0 Å². The molecule has 0 saturated heterocycles. The van der Waals surface area contributed by atoms with Gasteiger partial charge in [0.25, 0.3) is 6.71 Å². The average molecular weight is 1510 g/mol. The van der Waals surface area contributed by atoms with Gasteiger partial charge in [0.2, 0.25) is 6.71 Å². The van der Waals surface area contributed by atoms with Crippen LogP contribution in [0.15, 0.2) is 361 Å². The Labute approximate surface area is 700 Å². The molecule has 5 aliphatic rings. The van der Waals surface area contributed by atoms with Gasteiger partial charge in [-0.1, -0.05) is 358 Å². The summed E-state index contributed by atoms with van der Waals surface area (Å²) in [5.41, 5.74) is 15.3. The molecule has 21 rings (SSSR count). The van der Waals surface area contributed by atoms with E-state index in [4.69, 9.17) is 6.11 Å². The second kappa shape index (κ2) is 26.9. The number of benzene rings is 16. The van der Waals surface area contributed by atoms with Crippen LogP contribution in [-0.4, -0.2) is 13.4 Å². The lowest BCUT2D eigenvalue weighted by Gasteiger charge is -2.49. The maximum Gasteiger partial charge on any atom is 0.253 e. The van der Waals surface area contributed by atoms with E-state index in [1.807, 2.05) is 187 Å². The van der Waals surface area contributed by atoms with E-state index < -0.39 is 83.6 Å². The van der Waals surface area contributed by atoms with Crippen molar-refractivity contribution in [3.05, 3.63) is 368 Å². The van der Waals surface area contributed by atoms with E-state index in [2.05, 4.69) is 157 Å². The van der Waals surface area contributed by atoms with Gasteiger partial charge in [-0.25, -0.2) is 0 Å². The lowest BCUT2D eigenvalue weighted by molar-refractivity contribution is 0.478. The highest BCUT2D eigenvalue weighted by Crippen LogP contribution is 2.60. The quantitative estimate of drug-likeness (QED) is 0.127. The first-order valence-corrected chi connectivity index (χ1v) is 40.2. The molecule has 0 fully saturated rings. The summed E-state index contributed by atoms with van der Waals surface area (Å²) in [7, 11) is 0. The molecule has 0 amide bonds. The molecule has 0 saturated carbocycles. The molecule has 0 unspecified atom stereocenters. The van der Waals surface area contributed by atoms with Crippen LogP contribution in [0.25, 0.3) is 89.0 Å². The molecule has 4 nitrogen and oxygen atoms in total. The molecule has 0 spiro atoms. The summed E-state index contributed by atoms with van der Waals surface area (Å²) in [6, 6.07) is 82.6. The minimum atomic E-state index is -1.36. The van der Waals surface area contributed by atoms with Crippen LogP contribution in [-0.2, 0) is 16.2 Å². The molecule has 550 valence electrons. The SMILES string of the molecule is [2H]c1c([2H])c([2H])c(-c2c([2H])c([2H])c3c(c2[2H])N(c2c(-c4ccccc4)cc(C(C)(C)C)cc2-c2ccccc2)c2cc(C(C)(C)C)cc4c2B3c2c3c5c(c([2H])c2N4c2c(-c4ccccc4)cc(C(C)(C)C)cc2-c2ccccc2)N2c4ccc(-c6ccccc6)cc4Oc4c([2H])c(-c6ccccc6)c([2H])c(c42)B5c2c([2H])c(-c4ccccc4)c([2H])c([2H])c2S3)c([2H])c1[2H]. The van der Waals surface area contributed by atoms with Gasteiger partial charge in [-0.15, -0.1) is 0 Å². The van der Waals surface area contributed by atoms with E-state index in [1.165, 1.54) is 11.8 Å². The molecule has 0 atom stereocenters. The number of hydrogen-bond donors (Lipinski definition) is 0. The third-order valence-corrected chi connectivity index (χ3v) is 24.4. The smallest absolute Gasteiger partial charge is 0.253 e. The fourth-order valence-electron chi connectivity index (χ4n) is 17.5. The van der Waals surface area contributed by atoms with E-state index in [0.717, 1.165) is 72.3 Å². The van der Waals surface area contributed by atoms with Crippen molar-refractivity contribution in [1.29, 1.82) is 0 Å². The largest absolute Gasteiger partial charge is 0.453 e. The van der Waals surface area contributed by atoms with Crippen LogP contribution in [0, 0.1) is 0 Å². The van der Waals surface area contributed by atoms with Gasteiger partial charge >= 0.3 is 0 Å². The molecule has 16 aromatic carbocycles. The predicted octanol–water partition coefficient (Wildman–Crippen LogP) is 25.9. The Morgan fingerprint density at radius 1 is 0.278 bits per heavy atom. The summed E-state index contributed by atoms with van der Waals surface area (Å²) >= 11 is 1.19. The van der Waals surface area contributed by atoms with Gasteiger partial charge in [0, 0.05) is 60.5 Å². The Hall–Kier alpha value is -12.8. The fourth-order valence-corrected chi connectivity index (χ4v) is 18.8. The molecule has 0 aromatic heterocycles. The Morgan fingerprint density at radius 2 is 0.687 bits per heavy atom. The third-order valence-electron chi connectivity index (χ3n) is 23.3. The molecule has 7 heteroatoms. The Balaban J connectivity index is 1.04. The van der Waals surface area contributed by atoms with Crippen LogP contribution in [0.5, 0.6) is 11.5 Å². The van der Waals surface area contributed by atoms with E-state index in [0.29, 0.717) is 77.7 Å². The molecular weight excluding hydrogens is 1410 g/mol. The van der Waals surface area contributed by atoms with Crippen molar-refractivity contribution < 1.29 is 23.9 Å². The van der Waals surface area contributed by atoms with Crippen molar-refractivity contribution in [3.63, 3.8) is 0 Å². The number of nitrogens with zero attached hydrogens (tertiary/aromatic N) is 3. The molecular formula is C108H85B2N3OS. The lowest BCUT2D eigenvalue weighted by Crippen LogP contribution is -2.66. The predicted molar refractivity (Wildman–Crippen MR) is 490 cm³/mol. The monoisotopic (exact) mass is 1510 g/mol. The summed E-state index contributed by atoms with van der Waals surface area (Å²) in [5.74, 6) is 0.421. The molecule has 5 aliphatic heterocycles. The number of ether oxygens (including phenoxy) is 1. The zero-order valence-corrected chi connectivity index (χ0v) is 66.0. The average Bonchev–Trinajstić information content (AvgIpc) is 0.655. The fraction of sp³-hybridized carbons (Fsp3) is 0.111. The second-order valence-electron chi connectivity index (χ2n) is 33.5. The van der Waals surface area contributed by atoms with Gasteiger partial charge in [-0.3, -0.25) is 0 Å². The van der Waals surface area contributed by atoms with Crippen LogP contribution in [0.2, 0.25) is 0 Å². The summed E-state index contributed by atoms with van der Waals surface area (Å²) < 4.78 is 157. The molecule has 5 heterocycles. The Bertz CT molecular complexity index is 7330. The van der Waals surface area contributed by atoms with Crippen LogP contribution in [0.3, 0.4) is 0 Å². The van der Waals surface area contributed by atoms with E-state index in [9.17, 15) is 17.8 Å². The standard InChI is InChI=1S/C108H85B2N3OS/c1-106(2,3)80-61-83(72-42-26-14-27-43-72)102(84(62-80)73-44-28-15-29-45-73)112-91-58-77(69-36-20-11-21-37-69)50-53-87(91)110-99-92(112)65-82(108(7,8)9)66-93(99)113(103-85(74-46-30-16-31-47-74)63-81(107(4,5)6)64-86(103)75-48-32-17-33-49-75)95-67-94-100-105(101(95)110)115-98-55-52-76(68-34-18-10-19-35-68)56-88(98)109(100)89-57-79(71-40-24-13-25-41-71)60-97-104(89)111(94)90-54-51-78(59-96(90)114-97)70-38-22-12-23-39-70/h10-67H,1-9H3/i11D,20D,21D,36D,37D,50D,52D,53D,55D,56D,57D,58D,60D,67D. The summed E-state index contributed by atoms with van der Waals surface area (Å²) in [6.45, 7) is 16.9. The number of fused-ring (bicyclic) bond motifs is 11. The zero-order chi connectivity index (χ0) is 89.9. The normalized spacial score (nSPS) is 15.1. The maximum absolute atomic E-state index is 12.7. The van der Waals surface area contributed by atoms with Gasteiger partial charge < -0.3 is 19.4 Å². The van der Waals surface area contributed by atoms with Gasteiger partial charge in [0.15, 0.2) is 11.5 Å². The van der Waals surface area contributed by atoms with E-state index in [-0.39, 0.29) is 91.6 Å². The summed E-state index contributed by atoms with van der Waals surface area (Å²) in [4.78, 5) is 6.97. The van der Waals surface area contributed by atoms with Crippen LogP contribution in [0.1, 0.15) is 98.2 Å². The van der Waals surface area contributed by atoms with Crippen molar-refractivity contribution in [1.82, 2.24) is 0 Å². The minimum Gasteiger partial charge on any atom is -0.453 e. The maximum atomic E-state index is 12.7. The van der Waals surface area contributed by atoms with Crippen LogP contribution < -0.4 is 52.2 Å². The molecule has 0 N–H and O–H groups in total. The molecule has 0 radical (unpaired) electrons. The third kappa shape index (κ3) is 11.7. The Morgan fingerprint density at radius 3 is 1.17 bits per heavy atom. The van der Waals surface area contributed by atoms with Crippen LogP contribution >= 0.6 is 11.8 Å². The van der Waals surface area contributed by atoms with Crippen molar-refractivity contribution in [2.45, 2.75) is 88.3 Å². The topological polar surface area (TPSA) is 19.0 Å². The lowest BCUT2D eigenvalue weighted by atomic mass is 9.30. The van der Waals surface area contributed by atoms with Crippen molar-refractivity contribution in [3.8, 4) is 101 Å². The molecule has 115 heavy (non-hydrogen) atoms. The minimum absolute atomic E-state index is 0.0501. The number of hydrogen-bond acceptors (Lipinski definition) is 5. The van der Waals surface area contributed by atoms with Crippen LogP contribution in [0.4, 0.5) is 51.2 Å². The van der Waals surface area contributed by atoms with Gasteiger partial charge in [0.05, 0.1) is 41.9 Å². The Kier molecular flexibility index (Phi) is 13.2. The highest BCUT2D eigenvalue weighted by atomic mass is 32.2.